The van der Waals surface area contributed by atoms with E-state index in [0.717, 1.165) is 18.1 Å². The Bertz CT molecular complexity index is 708. The molecule has 0 aliphatic carbocycles. The SMILES string of the molecule is CN=C(NCc1cccc([N+](=O)[O-])c1)N(C)Cc1cccn1C. The van der Waals surface area contributed by atoms with E-state index in [1.165, 1.54) is 11.8 Å². The second-order valence-electron chi connectivity index (χ2n) is 5.29. The van der Waals surface area contributed by atoms with Gasteiger partial charge in [-0.05, 0) is 17.7 Å². The van der Waals surface area contributed by atoms with Crippen molar-refractivity contribution in [2.75, 3.05) is 14.1 Å². The molecule has 7 nitrogen and oxygen atoms in total. The van der Waals surface area contributed by atoms with Crippen molar-refractivity contribution in [3.8, 4) is 0 Å². The summed E-state index contributed by atoms with van der Waals surface area (Å²) in [5, 5.41) is 14.0. The maximum Gasteiger partial charge on any atom is 0.269 e. The number of hydrogen-bond donors (Lipinski definition) is 1. The number of benzene rings is 1. The molecule has 0 aliphatic heterocycles. The van der Waals surface area contributed by atoms with E-state index in [0.29, 0.717) is 6.54 Å². The lowest BCUT2D eigenvalue weighted by Gasteiger charge is -2.22. The van der Waals surface area contributed by atoms with Crippen LogP contribution in [0.4, 0.5) is 5.69 Å². The Balaban J connectivity index is 1.98. The summed E-state index contributed by atoms with van der Waals surface area (Å²) in [6, 6.07) is 10.7. The lowest BCUT2D eigenvalue weighted by Crippen LogP contribution is -2.38. The molecule has 0 aliphatic rings. The van der Waals surface area contributed by atoms with Crippen LogP contribution in [0.3, 0.4) is 0 Å². The van der Waals surface area contributed by atoms with Gasteiger partial charge in [0.25, 0.3) is 5.69 Å². The fourth-order valence-corrected chi connectivity index (χ4v) is 2.32. The van der Waals surface area contributed by atoms with Gasteiger partial charge in [-0.3, -0.25) is 15.1 Å². The van der Waals surface area contributed by atoms with E-state index in [2.05, 4.69) is 20.9 Å². The normalized spacial score (nSPS) is 11.3. The molecule has 7 heteroatoms. The molecular weight excluding hydrogens is 294 g/mol. The predicted octanol–water partition coefficient (Wildman–Crippen LogP) is 2.14. The van der Waals surface area contributed by atoms with Gasteiger partial charge >= 0.3 is 0 Å². The van der Waals surface area contributed by atoms with Crippen molar-refractivity contribution >= 4 is 11.6 Å². The van der Waals surface area contributed by atoms with Gasteiger partial charge in [0.05, 0.1) is 11.5 Å². The van der Waals surface area contributed by atoms with Crippen LogP contribution in [-0.4, -0.2) is 34.4 Å². The number of guanidine groups is 1. The molecule has 0 saturated carbocycles. The highest BCUT2D eigenvalue weighted by Gasteiger charge is 2.10. The number of aliphatic imine (C=N–C) groups is 1. The highest BCUT2D eigenvalue weighted by Crippen LogP contribution is 2.13. The number of nitrogens with zero attached hydrogens (tertiary/aromatic N) is 4. The van der Waals surface area contributed by atoms with Crippen molar-refractivity contribution < 1.29 is 4.92 Å². The molecule has 1 heterocycles. The average molecular weight is 315 g/mol. The lowest BCUT2D eigenvalue weighted by atomic mass is 10.2. The number of nitrogens with one attached hydrogen (secondary N) is 1. The Morgan fingerprint density at radius 3 is 2.78 bits per heavy atom. The van der Waals surface area contributed by atoms with E-state index in [-0.39, 0.29) is 10.6 Å². The van der Waals surface area contributed by atoms with Gasteiger partial charge in [0.15, 0.2) is 5.96 Å². The third-order valence-corrected chi connectivity index (χ3v) is 3.60. The van der Waals surface area contributed by atoms with Crippen LogP contribution >= 0.6 is 0 Å². The molecule has 2 rings (SSSR count). The summed E-state index contributed by atoms with van der Waals surface area (Å²) < 4.78 is 2.06. The first kappa shape index (κ1) is 16.5. The molecule has 1 aromatic carbocycles. The summed E-state index contributed by atoms with van der Waals surface area (Å²) in [7, 11) is 5.68. The van der Waals surface area contributed by atoms with Crippen molar-refractivity contribution in [1.29, 1.82) is 0 Å². The molecule has 0 amide bonds. The standard InChI is InChI=1S/C16H21N5O2/c1-17-16(20(3)12-15-8-5-9-19(15)2)18-11-13-6-4-7-14(10-13)21(22)23/h4-10H,11-12H2,1-3H3,(H,17,18). The molecule has 0 atom stereocenters. The van der Waals surface area contributed by atoms with Crippen molar-refractivity contribution in [2.24, 2.45) is 12.0 Å². The topological polar surface area (TPSA) is 75.7 Å². The molecule has 0 radical (unpaired) electrons. The van der Waals surface area contributed by atoms with E-state index >= 15 is 0 Å². The second kappa shape index (κ2) is 7.44. The van der Waals surface area contributed by atoms with Crippen LogP contribution in [0, 0.1) is 10.1 Å². The Morgan fingerprint density at radius 1 is 1.39 bits per heavy atom. The van der Waals surface area contributed by atoms with Crippen molar-refractivity contribution in [2.45, 2.75) is 13.1 Å². The quantitative estimate of drug-likeness (QED) is 0.397. The number of aromatic nitrogens is 1. The van der Waals surface area contributed by atoms with E-state index in [4.69, 9.17) is 0 Å². The van der Waals surface area contributed by atoms with Crippen LogP contribution in [0.2, 0.25) is 0 Å². The highest BCUT2D eigenvalue weighted by atomic mass is 16.6. The zero-order valence-electron chi connectivity index (χ0n) is 13.6. The highest BCUT2D eigenvalue weighted by molar-refractivity contribution is 5.79. The maximum absolute atomic E-state index is 10.8. The number of hydrogen-bond acceptors (Lipinski definition) is 3. The zero-order valence-corrected chi connectivity index (χ0v) is 13.6. The van der Waals surface area contributed by atoms with Crippen LogP contribution in [0.25, 0.3) is 0 Å². The number of nitro benzene ring substituents is 1. The number of rotatable bonds is 5. The molecule has 0 spiro atoms. The lowest BCUT2D eigenvalue weighted by molar-refractivity contribution is -0.384. The molecule has 122 valence electrons. The van der Waals surface area contributed by atoms with Crippen molar-refractivity contribution in [3.63, 3.8) is 0 Å². The summed E-state index contributed by atoms with van der Waals surface area (Å²) in [5.41, 5.74) is 2.11. The number of aryl methyl sites for hydroxylation is 1. The summed E-state index contributed by atoms with van der Waals surface area (Å²) in [6.45, 7) is 1.20. The molecule has 0 saturated heterocycles. The first-order valence-electron chi connectivity index (χ1n) is 7.26. The van der Waals surface area contributed by atoms with Gasteiger partial charge < -0.3 is 14.8 Å². The van der Waals surface area contributed by atoms with Crippen LogP contribution in [-0.2, 0) is 20.1 Å². The molecule has 0 unspecified atom stereocenters. The van der Waals surface area contributed by atoms with Crippen LogP contribution < -0.4 is 5.32 Å². The molecule has 1 N–H and O–H groups in total. The molecule has 2 aromatic rings. The Morgan fingerprint density at radius 2 is 2.17 bits per heavy atom. The summed E-state index contributed by atoms with van der Waals surface area (Å²) >= 11 is 0. The second-order valence-corrected chi connectivity index (χ2v) is 5.29. The minimum absolute atomic E-state index is 0.0939. The number of nitro groups is 1. The van der Waals surface area contributed by atoms with Gasteiger partial charge in [-0.15, -0.1) is 0 Å². The van der Waals surface area contributed by atoms with E-state index in [9.17, 15) is 10.1 Å². The average Bonchev–Trinajstić information content (AvgIpc) is 2.93. The van der Waals surface area contributed by atoms with E-state index in [1.54, 1.807) is 19.2 Å². The van der Waals surface area contributed by atoms with Gasteiger partial charge in [-0.1, -0.05) is 12.1 Å². The minimum Gasteiger partial charge on any atom is -0.353 e. The van der Waals surface area contributed by atoms with E-state index < -0.39 is 0 Å². The van der Waals surface area contributed by atoms with Gasteiger partial charge in [0.2, 0.25) is 0 Å². The molecule has 0 fully saturated rings. The predicted molar refractivity (Wildman–Crippen MR) is 90.2 cm³/mol. The fourth-order valence-electron chi connectivity index (χ4n) is 2.32. The largest absolute Gasteiger partial charge is 0.353 e. The van der Waals surface area contributed by atoms with Crippen molar-refractivity contribution in [1.82, 2.24) is 14.8 Å². The molecular formula is C16H21N5O2. The van der Waals surface area contributed by atoms with Gasteiger partial charge in [0, 0.05) is 51.7 Å². The monoisotopic (exact) mass is 315 g/mol. The van der Waals surface area contributed by atoms with Crippen LogP contribution in [0.1, 0.15) is 11.3 Å². The fraction of sp³-hybridized carbons (Fsp3) is 0.312. The van der Waals surface area contributed by atoms with Crippen LogP contribution in [0.5, 0.6) is 0 Å². The Labute approximate surface area is 135 Å². The van der Waals surface area contributed by atoms with Gasteiger partial charge in [0.1, 0.15) is 0 Å². The number of non-ortho nitro benzene ring substituents is 1. The Hall–Kier alpha value is -2.83. The molecule has 23 heavy (non-hydrogen) atoms. The minimum atomic E-state index is -0.389. The third kappa shape index (κ3) is 4.32. The molecule has 1 aromatic heterocycles. The summed E-state index contributed by atoms with van der Waals surface area (Å²) in [5.74, 6) is 0.734. The van der Waals surface area contributed by atoms with Gasteiger partial charge in [-0.25, -0.2) is 0 Å². The maximum atomic E-state index is 10.8. The zero-order chi connectivity index (χ0) is 16.8. The summed E-state index contributed by atoms with van der Waals surface area (Å²) in [6.07, 6.45) is 2.00. The third-order valence-electron chi connectivity index (χ3n) is 3.60. The van der Waals surface area contributed by atoms with Crippen LogP contribution in [0.15, 0.2) is 47.6 Å². The first-order chi connectivity index (χ1) is 11.0. The molecule has 0 bridgehead atoms. The summed E-state index contributed by atoms with van der Waals surface area (Å²) in [4.78, 5) is 16.7. The van der Waals surface area contributed by atoms with E-state index in [1.807, 2.05) is 37.3 Å². The Kier molecular flexibility index (Phi) is 5.35. The first-order valence-corrected chi connectivity index (χ1v) is 7.26. The van der Waals surface area contributed by atoms with Crippen molar-refractivity contribution in [3.05, 3.63) is 64.0 Å². The smallest absolute Gasteiger partial charge is 0.269 e. The van der Waals surface area contributed by atoms with Gasteiger partial charge in [-0.2, -0.15) is 0 Å².